The number of hydrogen-bond acceptors (Lipinski definition) is 2. The predicted molar refractivity (Wildman–Crippen MR) is 68.4 cm³/mol. The van der Waals surface area contributed by atoms with Crippen LogP contribution < -0.4 is 0 Å². The Bertz CT molecular complexity index is 166. The zero-order valence-corrected chi connectivity index (χ0v) is 11.1. The molecule has 0 aliphatic heterocycles. The Morgan fingerprint density at radius 3 is 2.12 bits per heavy atom. The summed E-state index contributed by atoms with van der Waals surface area (Å²) < 4.78 is 0. The summed E-state index contributed by atoms with van der Waals surface area (Å²) in [7, 11) is 0. The molecule has 2 nitrogen and oxygen atoms in total. The van der Waals surface area contributed by atoms with Crippen molar-refractivity contribution in [3.05, 3.63) is 0 Å². The highest BCUT2D eigenvalue weighted by atomic mass is 16.3. The van der Waals surface area contributed by atoms with Crippen LogP contribution in [-0.2, 0) is 4.79 Å². The molecule has 2 heteroatoms. The molecule has 0 aliphatic rings. The van der Waals surface area contributed by atoms with Crippen LogP contribution in [0.3, 0.4) is 0 Å². The first-order valence-electron chi connectivity index (χ1n) is 6.76. The topological polar surface area (TPSA) is 37.3 Å². The minimum Gasteiger partial charge on any atom is -0.392 e. The van der Waals surface area contributed by atoms with Crippen LogP contribution in [-0.4, -0.2) is 17.5 Å². The maximum Gasteiger partial charge on any atom is 0.125 e. The largest absolute Gasteiger partial charge is 0.392 e. The Labute approximate surface area is 100 Å². The lowest BCUT2D eigenvalue weighted by Crippen LogP contribution is -2.27. The Hall–Kier alpha value is -0.370. The van der Waals surface area contributed by atoms with E-state index in [-0.39, 0.29) is 11.8 Å². The quantitative estimate of drug-likeness (QED) is 0.458. The van der Waals surface area contributed by atoms with Gasteiger partial charge in [0.25, 0.3) is 0 Å². The molecule has 0 aromatic heterocycles. The number of carbonyl (C=O) groups is 1. The summed E-state index contributed by atoms with van der Waals surface area (Å²) in [5.74, 6) is 0.0152. The molecule has 0 saturated heterocycles. The third-order valence-corrected chi connectivity index (χ3v) is 3.19. The van der Waals surface area contributed by atoms with Gasteiger partial charge < -0.3 is 9.90 Å². The molecule has 0 aliphatic carbocycles. The standard InChI is InChI=1S/C14H28O2/c1-4-5-6-7-8-9-10-13(11-15)14(16)12(2)3/h11-14,16H,4-10H2,1-3H3. The molecular formula is C14H28O2. The third-order valence-electron chi connectivity index (χ3n) is 3.19. The predicted octanol–water partition coefficient (Wildman–Crippen LogP) is 3.57. The number of hydrogen-bond donors (Lipinski definition) is 1. The summed E-state index contributed by atoms with van der Waals surface area (Å²) in [5.41, 5.74) is 0. The van der Waals surface area contributed by atoms with E-state index < -0.39 is 6.10 Å². The van der Waals surface area contributed by atoms with E-state index in [1.54, 1.807) is 0 Å². The van der Waals surface area contributed by atoms with Crippen LogP contribution in [0.2, 0.25) is 0 Å². The minimum atomic E-state index is -0.465. The number of rotatable bonds is 10. The van der Waals surface area contributed by atoms with Gasteiger partial charge in [-0.1, -0.05) is 59.3 Å². The first kappa shape index (κ1) is 15.6. The molecule has 0 bridgehead atoms. The molecule has 2 atom stereocenters. The van der Waals surface area contributed by atoms with Crippen LogP contribution in [0, 0.1) is 11.8 Å². The van der Waals surface area contributed by atoms with E-state index in [0.717, 1.165) is 19.1 Å². The van der Waals surface area contributed by atoms with E-state index >= 15 is 0 Å². The Morgan fingerprint density at radius 1 is 1.06 bits per heavy atom. The number of carbonyl (C=O) groups excluding carboxylic acids is 1. The van der Waals surface area contributed by atoms with Crippen LogP contribution in [0.25, 0.3) is 0 Å². The van der Waals surface area contributed by atoms with Crippen molar-refractivity contribution in [1.29, 1.82) is 0 Å². The lowest BCUT2D eigenvalue weighted by molar-refractivity contribution is -0.115. The second-order valence-electron chi connectivity index (χ2n) is 5.09. The molecule has 0 amide bonds. The van der Waals surface area contributed by atoms with Crippen molar-refractivity contribution in [3.8, 4) is 0 Å². The summed E-state index contributed by atoms with van der Waals surface area (Å²) in [5, 5.41) is 9.80. The van der Waals surface area contributed by atoms with Crippen LogP contribution >= 0.6 is 0 Å². The highest BCUT2D eigenvalue weighted by Gasteiger charge is 2.20. The molecular weight excluding hydrogens is 200 g/mol. The van der Waals surface area contributed by atoms with Gasteiger partial charge in [0, 0.05) is 5.92 Å². The average molecular weight is 228 g/mol. The van der Waals surface area contributed by atoms with Crippen LogP contribution in [0.15, 0.2) is 0 Å². The fourth-order valence-electron chi connectivity index (χ4n) is 1.97. The summed E-state index contributed by atoms with van der Waals surface area (Å²) in [6.07, 6.45) is 8.70. The fourth-order valence-corrected chi connectivity index (χ4v) is 1.97. The molecule has 0 aromatic rings. The second-order valence-corrected chi connectivity index (χ2v) is 5.09. The van der Waals surface area contributed by atoms with Crippen molar-refractivity contribution < 1.29 is 9.90 Å². The first-order chi connectivity index (χ1) is 7.63. The normalized spacial score (nSPS) is 15.1. The smallest absolute Gasteiger partial charge is 0.125 e. The fraction of sp³-hybridized carbons (Fsp3) is 0.929. The van der Waals surface area contributed by atoms with E-state index in [1.165, 1.54) is 32.1 Å². The number of unbranched alkanes of at least 4 members (excludes halogenated alkanes) is 5. The lowest BCUT2D eigenvalue weighted by atomic mass is 9.90. The number of aliphatic hydroxyl groups excluding tert-OH is 1. The Kier molecular flexibility index (Phi) is 9.60. The van der Waals surface area contributed by atoms with Crippen LogP contribution in [0.4, 0.5) is 0 Å². The molecule has 0 rings (SSSR count). The monoisotopic (exact) mass is 228 g/mol. The van der Waals surface area contributed by atoms with Gasteiger partial charge in [-0.25, -0.2) is 0 Å². The van der Waals surface area contributed by atoms with Crippen molar-refractivity contribution in [2.75, 3.05) is 0 Å². The van der Waals surface area contributed by atoms with Gasteiger partial charge >= 0.3 is 0 Å². The first-order valence-corrected chi connectivity index (χ1v) is 6.76. The van der Waals surface area contributed by atoms with Crippen molar-refractivity contribution in [1.82, 2.24) is 0 Å². The molecule has 1 N–H and O–H groups in total. The van der Waals surface area contributed by atoms with Gasteiger partial charge in [-0.15, -0.1) is 0 Å². The van der Waals surface area contributed by atoms with E-state index in [4.69, 9.17) is 0 Å². The van der Waals surface area contributed by atoms with Gasteiger partial charge in [-0.3, -0.25) is 0 Å². The molecule has 0 heterocycles. The van der Waals surface area contributed by atoms with Crippen molar-refractivity contribution >= 4 is 6.29 Å². The molecule has 0 aromatic carbocycles. The zero-order valence-electron chi connectivity index (χ0n) is 11.1. The van der Waals surface area contributed by atoms with Crippen LogP contribution in [0.5, 0.6) is 0 Å². The molecule has 0 radical (unpaired) electrons. The number of aldehydes is 1. The molecule has 2 unspecified atom stereocenters. The summed E-state index contributed by atoms with van der Waals surface area (Å²) in [6, 6.07) is 0. The Morgan fingerprint density at radius 2 is 1.62 bits per heavy atom. The van der Waals surface area contributed by atoms with E-state index in [2.05, 4.69) is 6.92 Å². The summed E-state index contributed by atoms with van der Waals surface area (Å²) in [6.45, 7) is 6.13. The van der Waals surface area contributed by atoms with Gasteiger partial charge in [0.15, 0.2) is 0 Å². The highest BCUT2D eigenvalue weighted by molar-refractivity contribution is 5.54. The van der Waals surface area contributed by atoms with Gasteiger partial charge in [0.1, 0.15) is 6.29 Å². The van der Waals surface area contributed by atoms with E-state index in [1.807, 2.05) is 13.8 Å². The SMILES string of the molecule is CCCCCCCCC(C=O)C(O)C(C)C. The van der Waals surface area contributed by atoms with Crippen molar-refractivity contribution in [3.63, 3.8) is 0 Å². The van der Waals surface area contributed by atoms with Gasteiger partial charge in [-0.05, 0) is 12.3 Å². The highest BCUT2D eigenvalue weighted by Crippen LogP contribution is 2.18. The molecule has 0 fully saturated rings. The Balaban J connectivity index is 3.59. The molecule has 0 spiro atoms. The molecule has 0 saturated carbocycles. The zero-order chi connectivity index (χ0) is 12.4. The van der Waals surface area contributed by atoms with Crippen LogP contribution in [0.1, 0.15) is 65.7 Å². The molecule has 96 valence electrons. The minimum absolute atomic E-state index is 0.161. The average Bonchev–Trinajstić information content (AvgIpc) is 2.27. The van der Waals surface area contributed by atoms with Gasteiger partial charge in [0.05, 0.1) is 6.10 Å². The van der Waals surface area contributed by atoms with Crippen molar-refractivity contribution in [2.45, 2.75) is 71.8 Å². The maximum atomic E-state index is 10.9. The van der Waals surface area contributed by atoms with Gasteiger partial charge in [-0.2, -0.15) is 0 Å². The van der Waals surface area contributed by atoms with Crippen molar-refractivity contribution in [2.24, 2.45) is 11.8 Å². The second kappa shape index (κ2) is 9.83. The van der Waals surface area contributed by atoms with Gasteiger partial charge in [0.2, 0.25) is 0 Å². The van der Waals surface area contributed by atoms with E-state index in [0.29, 0.717) is 0 Å². The lowest BCUT2D eigenvalue weighted by Gasteiger charge is -2.20. The van der Waals surface area contributed by atoms with E-state index in [9.17, 15) is 9.90 Å². The third kappa shape index (κ3) is 7.00. The number of aliphatic hydroxyl groups is 1. The summed E-state index contributed by atoms with van der Waals surface area (Å²) in [4.78, 5) is 10.9. The molecule has 16 heavy (non-hydrogen) atoms. The summed E-state index contributed by atoms with van der Waals surface area (Å²) >= 11 is 0. The maximum absolute atomic E-state index is 10.9.